The number of carbonyl (C=O) groups excluding carboxylic acids is 1. The second-order valence-corrected chi connectivity index (χ2v) is 9.58. The summed E-state index contributed by atoms with van der Waals surface area (Å²) >= 11 is 0. The van der Waals surface area contributed by atoms with E-state index in [9.17, 15) is 13.2 Å². The number of amides is 1. The van der Waals surface area contributed by atoms with Gasteiger partial charge in [-0.25, -0.2) is 8.42 Å². The number of hydrogen-bond donors (Lipinski definition) is 1. The standard InChI is InChI=1S/C22H30N2O3S/c1-15(2)19(6)23-22(25)14-24(21-12-9-17(4)13-18(21)5)28(26,27)20-10-7-16(3)8-11-20/h7-13,15,19H,14H2,1-6H3,(H,23,25)/t19-/m1/s1. The molecular weight excluding hydrogens is 372 g/mol. The maximum absolute atomic E-state index is 13.4. The first-order valence-corrected chi connectivity index (χ1v) is 10.9. The average Bonchev–Trinajstić information content (AvgIpc) is 2.60. The van der Waals surface area contributed by atoms with Gasteiger partial charge in [0.25, 0.3) is 10.0 Å². The summed E-state index contributed by atoms with van der Waals surface area (Å²) in [5.41, 5.74) is 3.33. The highest BCUT2D eigenvalue weighted by Gasteiger charge is 2.28. The second-order valence-electron chi connectivity index (χ2n) is 7.71. The van der Waals surface area contributed by atoms with E-state index in [1.54, 1.807) is 30.3 Å². The SMILES string of the molecule is Cc1ccc(S(=O)(=O)N(CC(=O)N[C@H](C)C(C)C)c2ccc(C)cc2C)cc1. The van der Waals surface area contributed by atoms with Crippen molar-refractivity contribution in [2.75, 3.05) is 10.8 Å². The summed E-state index contributed by atoms with van der Waals surface area (Å²) in [6.45, 7) is 11.4. The van der Waals surface area contributed by atoms with E-state index in [0.29, 0.717) is 5.69 Å². The Morgan fingerprint density at radius 2 is 1.54 bits per heavy atom. The van der Waals surface area contributed by atoms with E-state index >= 15 is 0 Å². The topological polar surface area (TPSA) is 66.5 Å². The fourth-order valence-electron chi connectivity index (χ4n) is 2.82. The summed E-state index contributed by atoms with van der Waals surface area (Å²) in [5, 5.41) is 2.90. The number of nitrogens with zero attached hydrogens (tertiary/aromatic N) is 1. The van der Waals surface area contributed by atoms with Crippen molar-refractivity contribution in [2.24, 2.45) is 5.92 Å². The van der Waals surface area contributed by atoms with Gasteiger partial charge in [0, 0.05) is 6.04 Å². The van der Waals surface area contributed by atoms with Crippen LogP contribution in [0.2, 0.25) is 0 Å². The first kappa shape index (κ1) is 22.0. The summed E-state index contributed by atoms with van der Waals surface area (Å²) in [6, 6.07) is 12.2. The lowest BCUT2D eigenvalue weighted by Gasteiger charge is -2.27. The van der Waals surface area contributed by atoms with Crippen LogP contribution in [0.15, 0.2) is 47.4 Å². The Morgan fingerprint density at radius 1 is 0.964 bits per heavy atom. The number of sulfonamides is 1. The van der Waals surface area contributed by atoms with Gasteiger partial charge in [0.05, 0.1) is 10.6 Å². The number of benzene rings is 2. The van der Waals surface area contributed by atoms with Crippen LogP contribution in [0.25, 0.3) is 0 Å². The third-order valence-electron chi connectivity index (χ3n) is 4.91. The van der Waals surface area contributed by atoms with Gasteiger partial charge in [-0.15, -0.1) is 0 Å². The van der Waals surface area contributed by atoms with Crippen molar-refractivity contribution in [3.63, 3.8) is 0 Å². The van der Waals surface area contributed by atoms with Crippen LogP contribution in [0.4, 0.5) is 5.69 Å². The molecule has 2 aromatic rings. The normalized spacial score (nSPS) is 12.7. The first-order chi connectivity index (χ1) is 13.0. The molecule has 5 nitrogen and oxygen atoms in total. The van der Waals surface area contributed by atoms with Crippen LogP contribution in [0.1, 0.15) is 37.5 Å². The fraction of sp³-hybridized carbons (Fsp3) is 0.409. The zero-order valence-corrected chi connectivity index (χ0v) is 18.3. The molecular formula is C22H30N2O3S. The molecule has 0 aliphatic carbocycles. The largest absolute Gasteiger partial charge is 0.352 e. The predicted octanol–water partition coefficient (Wildman–Crippen LogP) is 3.97. The molecule has 0 radical (unpaired) electrons. The van der Waals surface area contributed by atoms with Gasteiger partial charge in [-0.05, 0) is 57.4 Å². The van der Waals surface area contributed by atoms with Gasteiger partial charge in [-0.3, -0.25) is 9.10 Å². The van der Waals surface area contributed by atoms with E-state index in [-0.39, 0.29) is 29.3 Å². The van der Waals surface area contributed by atoms with Crippen molar-refractivity contribution in [3.05, 3.63) is 59.2 Å². The Bertz CT molecular complexity index is 935. The van der Waals surface area contributed by atoms with Crippen molar-refractivity contribution in [3.8, 4) is 0 Å². The smallest absolute Gasteiger partial charge is 0.264 e. The molecule has 0 unspecified atom stereocenters. The Kier molecular flexibility index (Phi) is 6.88. The molecule has 0 saturated carbocycles. The predicted molar refractivity (Wildman–Crippen MR) is 114 cm³/mol. The lowest BCUT2D eigenvalue weighted by atomic mass is 10.1. The Labute approximate surface area is 168 Å². The van der Waals surface area contributed by atoms with Gasteiger partial charge in [-0.1, -0.05) is 49.2 Å². The zero-order valence-electron chi connectivity index (χ0n) is 17.5. The summed E-state index contributed by atoms with van der Waals surface area (Å²) in [5.74, 6) is -0.0657. The third kappa shape index (κ3) is 5.13. The van der Waals surface area contributed by atoms with Gasteiger partial charge in [-0.2, -0.15) is 0 Å². The molecule has 0 spiro atoms. The highest BCUT2D eigenvalue weighted by molar-refractivity contribution is 7.92. The molecule has 0 saturated heterocycles. The van der Waals surface area contributed by atoms with Crippen molar-refractivity contribution in [1.29, 1.82) is 0 Å². The van der Waals surface area contributed by atoms with Gasteiger partial charge in [0.15, 0.2) is 0 Å². The highest BCUT2D eigenvalue weighted by Crippen LogP contribution is 2.27. The molecule has 28 heavy (non-hydrogen) atoms. The quantitative estimate of drug-likeness (QED) is 0.762. The third-order valence-corrected chi connectivity index (χ3v) is 6.68. The van der Waals surface area contributed by atoms with Crippen LogP contribution in [0.3, 0.4) is 0 Å². The minimum absolute atomic E-state index is 0.0458. The molecule has 0 bridgehead atoms. The fourth-order valence-corrected chi connectivity index (χ4v) is 4.30. The molecule has 0 aromatic heterocycles. The number of nitrogens with one attached hydrogen (secondary N) is 1. The van der Waals surface area contributed by atoms with Crippen LogP contribution in [-0.2, 0) is 14.8 Å². The van der Waals surface area contributed by atoms with Crippen molar-refractivity contribution >= 4 is 21.6 Å². The summed E-state index contributed by atoms with van der Waals surface area (Å²) in [7, 11) is -3.88. The number of anilines is 1. The van der Waals surface area contributed by atoms with Gasteiger partial charge in [0.1, 0.15) is 6.54 Å². The summed E-state index contributed by atoms with van der Waals surface area (Å²) in [4.78, 5) is 12.8. The van der Waals surface area contributed by atoms with Crippen LogP contribution < -0.4 is 9.62 Å². The molecule has 0 fully saturated rings. The van der Waals surface area contributed by atoms with Gasteiger partial charge >= 0.3 is 0 Å². The maximum Gasteiger partial charge on any atom is 0.264 e. The zero-order chi connectivity index (χ0) is 21.1. The molecule has 0 heterocycles. The number of aryl methyl sites for hydroxylation is 3. The van der Waals surface area contributed by atoms with E-state index in [4.69, 9.17) is 0 Å². The molecule has 6 heteroatoms. The summed E-state index contributed by atoms with van der Waals surface area (Å²) in [6.07, 6.45) is 0. The summed E-state index contributed by atoms with van der Waals surface area (Å²) < 4.78 is 28.0. The molecule has 1 atom stereocenters. The number of rotatable bonds is 7. The lowest BCUT2D eigenvalue weighted by molar-refractivity contribution is -0.120. The van der Waals surface area contributed by atoms with Gasteiger partial charge in [0.2, 0.25) is 5.91 Å². The van der Waals surface area contributed by atoms with Crippen molar-refractivity contribution in [2.45, 2.75) is 52.5 Å². The maximum atomic E-state index is 13.4. The van der Waals surface area contributed by atoms with E-state index in [1.165, 1.54) is 4.31 Å². The van der Waals surface area contributed by atoms with Crippen LogP contribution in [-0.4, -0.2) is 26.9 Å². The van der Waals surface area contributed by atoms with E-state index in [0.717, 1.165) is 16.7 Å². The van der Waals surface area contributed by atoms with Crippen LogP contribution in [0.5, 0.6) is 0 Å². The molecule has 1 N–H and O–H groups in total. The minimum atomic E-state index is -3.88. The van der Waals surface area contributed by atoms with E-state index in [1.807, 2.05) is 53.7 Å². The Balaban J connectivity index is 2.46. The van der Waals surface area contributed by atoms with Crippen molar-refractivity contribution in [1.82, 2.24) is 5.32 Å². The molecule has 0 aliphatic heterocycles. The molecule has 2 rings (SSSR count). The molecule has 2 aromatic carbocycles. The van der Waals surface area contributed by atoms with E-state index in [2.05, 4.69) is 5.32 Å². The second kappa shape index (κ2) is 8.78. The van der Waals surface area contributed by atoms with E-state index < -0.39 is 10.0 Å². The Hall–Kier alpha value is -2.34. The Morgan fingerprint density at radius 3 is 2.07 bits per heavy atom. The number of carbonyl (C=O) groups is 1. The van der Waals surface area contributed by atoms with Gasteiger partial charge < -0.3 is 5.32 Å². The molecule has 152 valence electrons. The highest BCUT2D eigenvalue weighted by atomic mass is 32.2. The number of hydrogen-bond acceptors (Lipinski definition) is 3. The monoisotopic (exact) mass is 402 g/mol. The molecule has 1 amide bonds. The molecule has 0 aliphatic rings. The van der Waals surface area contributed by atoms with Crippen molar-refractivity contribution < 1.29 is 13.2 Å². The van der Waals surface area contributed by atoms with Crippen LogP contribution >= 0.6 is 0 Å². The first-order valence-electron chi connectivity index (χ1n) is 9.48. The average molecular weight is 403 g/mol. The van der Waals surface area contributed by atoms with Crippen LogP contribution in [0, 0.1) is 26.7 Å². The minimum Gasteiger partial charge on any atom is -0.352 e. The lowest BCUT2D eigenvalue weighted by Crippen LogP contribution is -2.45.